The van der Waals surface area contributed by atoms with Crippen LogP contribution in [-0.2, 0) is 14.8 Å². The molecule has 0 saturated carbocycles. The van der Waals surface area contributed by atoms with Crippen molar-refractivity contribution in [3.63, 3.8) is 0 Å². The topological polar surface area (TPSA) is 72.4 Å². The molecule has 0 radical (unpaired) electrons. The second kappa shape index (κ2) is 5.98. The summed E-state index contributed by atoms with van der Waals surface area (Å²) in [7, 11) is -3.13. The van der Waals surface area contributed by atoms with Crippen LogP contribution in [0.3, 0.4) is 0 Å². The van der Waals surface area contributed by atoms with Gasteiger partial charge in [0.25, 0.3) is 0 Å². The summed E-state index contributed by atoms with van der Waals surface area (Å²) >= 11 is 0. The molecular formula is C14H21N3O3S. The molecule has 0 N–H and O–H groups in total. The molecule has 3 heterocycles. The van der Waals surface area contributed by atoms with E-state index in [2.05, 4.69) is 9.97 Å². The van der Waals surface area contributed by atoms with Crippen LogP contribution in [0.15, 0.2) is 18.6 Å². The van der Waals surface area contributed by atoms with Gasteiger partial charge in [-0.25, -0.2) is 18.4 Å². The lowest BCUT2D eigenvalue weighted by molar-refractivity contribution is 0.00861. The van der Waals surface area contributed by atoms with Crippen molar-refractivity contribution < 1.29 is 13.2 Å². The van der Waals surface area contributed by atoms with Gasteiger partial charge in [0, 0.05) is 19.3 Å². The Morgan fingerprint density at radius 2 is 2.33 bits per heavy atom. The summed E-state index contributed by atoms with van der Waals surface area (Å²) in [6.07, 6.45) is 5.64. The van der Waals surface area contributed by atoms with Gasteiger partial charge in [-0.15, -0.1) is 0 Å². The van der Waals surface area contributed by atoms with Crippen molar-refractivity contribution in [2.45, 2.75) is 38.4 Å². The second-order valence-corrected chi connectivity index (χ2v) is 7.84. The van der Waals surface area contributed by atoms with Gasteiger partial charge in [-0.1, -0.05) is 6.92 Å². The van der Waals surface area contributed by atoms with Gasteiger partial charge in [0.2, 0.25) is 10.0 Å². The lowest BCUT2D eigenvalue weighted by Crippen LogP contribution is -2.46. The summed E-state index contributed by atoms with van der Waals surface area (Å²) in [6, 6.07) is 1.87. The van der Waals surface area contributed by atoms with Gasteiger partial charge in [0.1, 0.15) is 12.4 Å². The number of ether oxygens (including phenoxy) is 1. The molecule has 6 nitrogen and oxygen atoms in total. The van der Waals surface area contributed by atoms with Crippen LogP contribution < -0.4 is 0 Å². The lowest BCUT2D eigenvalue weighted by atomic mass is 9.92. The van der Waals surface area contributed by atoms with Gasteiger partial charge in [0.15, 0.2) is 0 Å². The summed E-state index contributed by atoms with van der Waals surface area (Å²) in [6.45, 7) is 2.99. The monoisotopic (exact) mass is 311 g/mol. The molecule has 7 heteroatoms. The van der Waals surface area contributed by atoms with E-state index in [1.165, 1.54) is 6.33 Å². The molecule has 2 fully saturated rings. The highest BCUT2D eigenvalue weighted by molar-refractivity contribution is 7.89. The Labute approximate surface area is 125 Å². The molecule has 2 aliphatic heterocycles. The van der Waals surface area contributed by atoms with Crippen LogP contribution in [0.5, 0.6) is 0 Å². The van der Waals surface area contributed by atoms with Crippen molar-refractivity contribution in [1.29, 1.82) is 0 Å². The fourth-order valence-electron chi connectivity index (χ4n) is 3.22. The summed E-state index contributed by atoms with van der Waals surface area (Å²) in [5, 5.41) is 0. The fourth-order valence-corrected chi connectivity index (χ4v) is 4.76. The average molecular weight is 311 g/mol. The third-order valence-electron chi connectivity index (χ3n) is 4.30. The molecule has 21 heavy (non-hydrogen) atoms. The molecule has 1 aromatic heterocycles. The number of hydrogen-bond acceptors (Lipinski definition) is 5. The largest absolute Gasteiger partial charge is 0.367 e. The van der Waals surface area contributed by atoms with Crippen molar-refractivity contribution in [2.24, 2.45) is 5.92 Å². The van der Waals surface area contributed by atoms with Crippen LogP contribution in [0.4, 0.5) is 0 Å². The van der Waals surface area contributed by atoms with Gasteiger partial charge in [-0.2, -0.15) is 4.31 Å². The highest BCUT2D eigenvalue weighted by Gasteiger charge is 2.42. The van der Waals surface area contributed by atoms with E-state index in [9.17, 15) is 8.42 Å². The highest BCUT2D eigenvalue weighted by Crippen LogP contribution is 2.40. The number of rotatable bonds is 4. The molecule has 3 atom stereocenters. The Kier molecular flexibility index (Phi) is 4.24. The van der Waals surface area contributed by atoms with Crippen LogP contribution in [0, 0.1) is 5.92 Å². The van der Waals surface area contributed by atoms with E-state index in [1.807, 2.05) is 13.0 Å². The Morgan fingerprint density at radius 1 is 1.48 bits per heavy atom. The molecule has 0 spiro atoms. The zero-order chi connectivity index (χ0) is 14.9. The van der Waals surface area contributed by atoms with Crippen molar-refractivity contribution in [3.05, 3.63) is 24.3 Å². The van der Waals surface area contributed by atoms with Crippen LogP contribution in [0.1, 0.15) is 38.0 Å². The van der Waals surface area contributed by atoms with Gasteiger partial charge in [-0.05, 0) is 31.2 Å². The van der Waals surface area contributed by atoms with E-state index in [0.29, 0.717) is 25.4 Å². The van der Waals surface area contributed by atoms with Crippen molar-refractivity contribution >= 4 is 10.0 Å². The molecule has 0 aliphatic carbocycles. The number of fused-ring (bicyclic) bond motifs is 1. The summed E-state index contributed by atoms with van der Waals surface area (Å²) in [5.41, 5.74) is 0.891. The van der Waals surface area contributed by atoms with Crippen LogP contribution in [0.2, 0.25) is 0 Å². The molecule has 0 unspecified atom stereocenters. The quantitative estimate of drug-likeness (QED) is 0.839. The zero-order valence-electron chi connectivity index (χ0n) is 12.2. The Hall–Kier alpha value is -1.05. The maximum Gasteiger partial charge on any atom is 0.214 e. The van der Waals surface area contributed by atoms with E-state index in [4.69, 9.17) is 4.74 Å². The number of nitrogens with zero attached hydrogens (tertiary/aromatic N) is 3. The lowest BCUT2D eigenvalue weighted by Gasteiger charge is -2.33. The van der Waals surface area contributed by atoms with Gasteiger partial charge < -0.3 is 4.74 Å². The minimum atomic E-state index is -3.13. The summed E-state index contributed by atoms with van der Waals surface area (Å²) < 4.78 is 32.0. The maximum atomic E-state index is 12.2. The van der Waals surface area contributed by atoms with Crippen molar-refractivity contribution in [3.8, 4) is 0 Å². The zero-order valence-corrected chi connectivity index (χ0v) is 13.0. The molecule has 1 aromatic rings. The molecule has 2 saturated heterocycles. The summed E-state index contributed by atoms with van der Waals surface area (Å²) in [4.78, 5) is 8.17. The Bertz CT molecular complexity index is 578. The van der Waals surface area contributed by atoms with E-state index in [0.717, 1.165) is 18.5 Å². The Balaban J connectivity index is 1.68. The van der Waals surface area contributed by atoms with Crippen LogP contribution in [0.25, 0.3) is 0 Å². The Morgan fingerprint density at radius 3 is 3.05 bits per heavy atom. The average Bonchev–Trinajstić information content (AvgIpc) is 2.91. The molecule has 2 aliphatic rings. The number of piperidine rings is 1. The molecule has 0 aromatic carbocycles. The number of aromatic nitrogens is 2. The normalized spacial score (nSPS) is 30.2. The molecule has 3 rings (SSSR count). The first kappa shape index (κ1) is 14.9. The minimum absolute atomic E-state index is 0.00894. The third-order valence-corrected chi connectivity index (χ3v) is 6.35. The predicted molar refractivity (Wildman–Crippen MR) is 78.0 cm³/mol. The number of hydrogen-bond donors (Lipinski definition) is 0. The van der Waals surface area contributed by atoms with E-state index >= 15 is 0 Å². The predicted octanol–water partition coefficient (Wildman–Crippen LogP) is 1.37. The van der Waals surface area contributed by atoms with Gasteiger partial charge in [-0.3, -0.25) is 0 Å². The first-order valence-corrected chi connectivity index (χ1v) is 9.10. The van der Waals surface area contributed by atoms with Gasteiger partial charge in [0.05, 0.1) is 17.6 Å². The minimum Gasteiger partial charge on any atom is -0.367 e. The SMILES string of the molecule is CCCS(=O)(=O)N1CC[C@H]2C[C@H](c3ccncn3)O[C@@H]2C1. The molecule has 0 bridgehead atoms. The molecule has 0 amide bonds. The van der Waals surface area contributed by atoms with Crippen LogP contribution in [-0.4, -0.2) is 47.6 Å². The third kappa shape index (κ3) is 3.09. The second-order valence-electron chi connectivity index (χ2n) is 5.76. The first-order chi connectivity index (χ1) is 10.1. The van der Waals surface area contributed by atoms with Crippen LogP contribution >= 0.6 is 0 Å². The summed E-state index contributed by atoms with van der Waals surface area (Å²) in [5.74, 6) is 0.651. The fraction of sp³-hybridized carbons (Fsp3) is 0.714. The smallest absolute Gasteiger partial charge is 0.214 e. The molecular weight excluding hydrogens is 290 g/mol. The van der Waals surface area contributed by atoms with Crippen molar-refractivity contribution in [1.82, 2.24) is 14.3 Å². The van der Waals surface area contributed by atoms with E-state index in [-0.39, 0.29) is 18.0 Å². The molecule has 116 valence electrons. The first-order valence-electron chi connectivity index (χ1n) is 7.49. The standard InChI is InChI=1S/C14H21N3O3S/c1-2-7-21(18,19)17-6-4-11-8-13(20-14(11)9-17)12-3-5-15-10-16-12/h3,5,10-11,13-14H,2,4,6-9H2,1H3/t11-,13+,14+/m0/s1. The van der Waals surface area contributed by atoms with E-state index in [1.54, 1.807) is 10.5 Å². The van der Waals surface area contributed by atoms with Gasteiger partial charge >= 0.3 is 0 Å². The highest BCUT2D eigenvalue weighted by atomic mass is 32.2. The number of sulfonamides is 1. The maximum absolute atomic E-state index is 12.2. The van der Waals surface area contributed by atoms with Crippen molar-refractivity contribution in [2.75, 3.05) is 18.8 Å². The van der Waals surface area contributed by atoms with E-state index < -0.39 is 10.0 Å².